The predicted octanol–water partition coefficient (Wildman–Crippen LogP) is 13.4. The molecular formula is C35H80. The van der Waals surface area contributed by atoms with E-state index in [1.165, 1.54) is 6.42 Å². The highest BCUT2D eigenvalue weighted by atomic mass is 14.6. The molecule has 5 saturated carbocycles. The van der Waals surface area contributed by atoms with E-state index in [-0.39, 0.29) is 44.6 Å². The van der Waals surface area contributed by atoms with Crippen LogP contribution < -0.4 is 0 Å². The van der Waals surface area contributed by atoms with Crippen molar-refractivity contribution >= 4 is 0 Å². The monoisotopic (exact) mass is 501 g/mol. The first-order valence-corrected chi connectivity index (χ1v) is 14.2. The predicted molar refractivity (Wildman–Crippen MR) is 171 cm³/mol. The van der Waals surface area contributed by atoms with Crippen LogP contribution >= 0.6 is 0 Å². The lowest BCUT2D eigenvalue weighted by atomic mass is 9.64. The quantitative estimate of drug-likeness (QED) is 0.310. The van der Waals surface area contributed by atoms with Gasteiger partial charge in [0.1, 0.15) is 0 Å². The third kappa shape index (κ3) is 9.06. The van der Waals surface area contributed by atoms with Crippen LogP contribution in [0, 0.1) is 59.2 Å². The van der Waals surface area contributed by atoms with Gasteiger partial charge in [0.2, 0.25) is 0 Å². The van der Waals surface area contributed by atoms with E-state index < -0.39 is 0 Å². The van der Waals surface area contributed by atoms with E-state index in [2.05, 4.69) is 27.7 Å². The van der Waals surface area contributed by atoms with Crippen molar-refractivity contribution in [1.82, 2.24) is 0 Å². The summed E-state index contributed by atoms with van der Waals surface area (Å²) in [6.45, 7) is 17.6. The minimum Gasteiger partial charge on any atom is -0.0776 e. The van der Waals surface area contributed by atoms with E-state index in [9.17, 15) is 0 Å². The van der Waals surface area contributed by atoms with E-state index in [1.54, 1.807) is 64.2 Å². The van der Waals surface area contributed by atoms with Crippen LogP contribution in [-0.4, -0.2) is 0 Å². The van der Waals surface area contributed by atoms with Gasteiger partial charge >= 0.3 is 0 Å². The lowest BCUT2D eigenvalue weighted by molar-refractivity contribution is 0.0757. The van der Waals surface area contributed by atoms with Gasteiger partial charge in [0.15, 0.2) is 0 Å². The second-order valence-electron chi connectivity index (χ2n) is 10.8. The molecule has 5 aliphatic carbocycles. The Morgan fingerprint density at radius 2 is 0.629 bits per heavy atom. The van der Waals surface area contributed by atoms with Gasteiger partial charge in [-0.2, -0.15) is 0 Å². The highest BCUT2D eigenvalue weighted by Crippen LogP contribution is 2.65. The van der Waals surface area contributed by atoms with Gasteiger partial charge in [-0.25, -0.2) is 0 Å². The molecule has 0 spiro atoms. The highest BCUT2D eigenvalue weighted by Gasteiger charge is 2.58. The highest BCUT2D eigenvalue weighted by molar-refractivity contribution is 5.07. The molecule has 35 heavy (non-hydrogen) atoms. The van der Waals surface area contributed by atoms with Gasteiger partial charge in [-0.3, -0.25) is 0 Å². The van der Waals surface area contributed by atoms with E-state index in [1.807, 2.05) is 27.7 Å². The molecule has 0 bridgehead atoms. The molecule has 0 aromatic heterocycles. The fourth-order valence-corrected chi connectivity index (χ4v) is 8.90. The second kappa shape index (κ2) is 22.0. The largest absolute Gasteiger partial charge is 0.0776 e. The smallest absolute Gasteiger partial charge is 0.0349 e. The molecule has 5 aliphatic rings. The average molecular weight is 501 g/mol. The zero-order valence-corrected chi connectivity index (χ0v) is 21.6. The molecule has 0 saturated heterocycles. The van der Waals surface area contributed by atoms with Crippen LogP contribution in [0.5, 0.6) is 0 Å². The third-order valence-electron chi connectivity index (χ3n) is 9.74. The summed E-state index contributed by atoms with van der Waals surface area (Å²) in [5, 5.41) is 0. The minimum atomic E-state index is 0. The summed E-state index contributed by atoms with van der Waals surface area (Å²) in [6, 6.07) is 0. The Kier molecular flexibility index (Phi) is 28.3. The Morgan fingerprint density at radius 3 is 0.914 bits per heavy atom. The Bertz CT molecular complexity index is 401. The Morgan fingerprint density at radius 1 is 0.400 bits per heavy atom. The Balaban J connectivity index is -0.000000212. The summed E-state index contributed by atoms with van der Waals surface area (Å²) in [5.41, 5.74) is 0. The molecule has 5 rings (SSSR count). The summed E-state index contributed by atoms with van der Waals surface area (Å²) >= 11 is 0. The van der Waals surface area contributed by atoms with E-state index in [0.717, 1.165) is 59.2 Å². The molecule has 0 radical (unpaired) electrons. The SMILES string of the molecule is C.C.C.C.C.C.CC.CC.CC1C2CCCCC2C2CC3C(CC12)C(C)C1CCCCC13.CCC. The van der Waals surface area contributed by atoms with E-state index in [4.69, 9.17) is 0 Å². The van der Waals surface area contributed by atoms with Gasteiger partial charge in [-0.1, -0.05) is 132 Å². The molecular weight excluding hydrogens is 420 g/mol. The van der Waals surface area contributed by atoms with E-state index >= 15 is 0 Å². The molecule has 5 fully saturated rings. The minimum absolute atomic E-state index is 0. The van der Waals surface area contributed by atoms with Crippen LogP contribution in [0.3, 0.4) is 0 Å². The first-order valence-electron chi connectivity index (χ1n) is 14.2. The van der Waals surface area contributed by atoms with Crippen molar-refractivity contribution in [3.05, 3.63) is 0 Å². The van der Waals surface area contributed by atoms with E-state index in [0.29, 0.717) is 0 Å². The molecule has 220 valence electrons. The first kappa shape index (κ1) is 45.0. The van der Waals surface area contributed by atoms with Crippen molar-refractivity contribution in [3.8, 4) is 0 Å². The summed E-state index contributed by atoms with van der Waals surface area (Å²) in [7, 11) is 0. The third-order valence-corrected chi connectivity index (χ3v) is 9.74. The van der Waals surface area contributed by atoms with Gasteiger partial charge in [0, 0.05) is 0 Å². The number of fused-ring (bicyclic) bond motifs is 6. The standard InChI is InChI=1S/C22H36.C3H8.2C2H6.6CH4/c1-13-15-7-3-5-9-17(15)21-12-22-18-10-6-4-8-16(18)14(2)20(22)11-19(13)21;1-3-2;2*1-2;;;;;;/h13-22H,3-12H2,1-2H3;3H2,1-2H3;2*1-2H3;6*1H4. The van der Waals surface area contributed by atoms with Crippen LogP contribution in [0.1, 0.15) is 171 Å². The number of rotatable bonds is 0. The molecule has 0 heterocycles. The summed E-state index contributed by atoms with van der Waals surface area (Å²) in [4.78, 5) is 0. The summed E-state index contributed by atoms with van der Waals surface area (Å²) in [5.74, 6) is 11.2. The maximum atomic E-state index is 2.65. The molecule has 0 N–H and O–H groups in total. The van der Waals surface area contributed by atoms with Crippen molar-refractivity contribution in [3.63, 3.8) is 0 Å². The van der Waals surface area contributed by atoms with Crippen LogP contribution in [0.15, 0.2) is 0 Å². The van der Waals surface area contributed by atoms with Crippen molar-refractivity contribution in [2.24, 2.45) is 59.2 Å². The lowest BCUT2D eigenvalue weighted by Gasteiger charge is -2.41. The van der Waals surface area contributed by atoms with Gasteiger partial charge in [-0.05, 0) is 97.7 Å². The van der Waals surface area contributed by atoms with Crippen molar-refractivity contribution in [2.75, 3.05) is 0 Å². The lowest BCUT2D eigenvalue weighted by Crippen LogP contribution is -2.34. The Hall–Kier alpha value is 0. The molecule has 0 aromatic carbocycles. The van der Waals surface area contributed by atoms with Gasteiger partial charge in [0.05, 0.1) is 0 Å². The molecule has 0 heteroatoms. The molecule has 0 aliphatic heterocycles. The van der Waals surface area contributed by atoms with Crippen LogP contribution in [0.2, 0.25) is 0 Å². The van der Waals surface area contributed by atoms with Crippen molar-refractivity contribution in [1.29, 1.82) is 0 Å². The molecule has 10 atom stereocenters. The normalized spacial score (nSPS) is 38.7. The van der Waals surface area contributed by atoms with Crippen LogP contribution in [0.4, 0.5) is 0 Å². The van der Waals surface area contributed by atoms with Crippen LogP contribution in [-0.2, 0) is 0 Å². The topological polar surface area (TPSA) is 0 Å². The molecule has 0 amide bonds. The average Bonchev–Trinajstić information content (AvgIpc) is 3.23. The summed E-state index contributed by atoms with van der Waals surface area (Å²) < 4.78 is 0. The first-order chi connectivity index (χ1) is 14.2. The van der Waals surface area contributed by atoms with Gasteiger partial charge < -0.3 is 0 Å². The van der Waals surface area contributed by atoms with Gasteiger partial charge in [0.25, 0.3) is 0 Å². The zero-order chi connectivity index (χ0) is 21.6. The second-order valence-corrected chi connectivity index (χ2v) is 10.8. The molecule has 0 aromatic rings. The van der Waals surface area contributed by atoms with Crippen LogP contribution in [0.25, 0.3) is 0 Å². The fourth-order valence-electron chi connectivity index (χ4n) is 8.90. The van der Waals surface area contributed by atoms with Crippen molar-refractivity contribution < 1.29 is 0 Å². The fraction of sp³-hybridized carbons (Fsp3) is 1.00. The molecule has 0 nitrogen and oxygen atoms in total. The Labute approximate surface area is 229 Å². The molecule has 10 unspecified atom stereocenters. The maximum absolute atomic E-state index is 2.65. The number of hydrogen-bond acceptors (Lipinski definition) is 0. The maximum Gasteiger partial charge on any atom is -0.0349 e. The zero-order valence-electron chi connectivity index (χ0n) is 21.6. The number of hydrogen-bond donors (Lipinski definition) is 0. The van der Waals surface area contributed by atoms with Gasteiger partial charge in [-0.15, -0.1) is 0 Å². The van der Waals surface area contributed by atoms with Crippen molar-refractivity contribution in [2.45, 2.75) is 171 Å². The summed E-state index contributed by atoms with van der Waals surface area (Å²) in [6.07, 6.45) is 17.1.